The van der Waals surface area contributed by atoms with Gasteiger partial charge >= 0.3 is 0 Å². The van der Waals surface area contributed by atoms with Crippen molar-refractivity contribution in [1.29, 1.82) is 0 Å². The number of rotatable bonds is 4. The van der Waals surface area contributed by atoms with Gasteiger partial charge < -0.3 is 4.42 Å². The Morgan fingerprint density at radius 1 is 0.429 bits per heavy atom. The highest BCUT2D eigenvalue weighted by atomic mass is 16.3. The van der Waals surface area contributed by atoms with Gasteiger partial charge in [-0.1, -0.05) is 127 Å². The second-order valence-corrected chi connectivity index (χ2v) is 11.6. The first-order valence-electron chi connectivity index (χ1n) is 21.0. The number of hydrogen-bond donors (Lipinski definition) is 0. The molecule has 8 aromatic carbocycles. The lowest BCUT2D eigenvalue weighted by Gasteiger charge is -2.12. The van der Waals surface area contributed by atoms with Crippen LogP contribution in [0.4, 0.5) is 0 Å². The first-order valence-corrected chi connectivity index (χ1v) is 15.5. The summed E-state index contributed by atoms with van der Waals surface area (Å²) in [6, 6.07) is 24.8. The molecule has 49 heavy (non-hydrogen) atoms. The first-order chi connectivity index (χ1) is 28.8. The highest BCUT2D eigenvalue weighted by molar-refractivity contribution is 6.13. The second kappa shape index (κ2) is 11.0. The maximum Gasteiger partial charge on any atom is 0.164 e. The molecule has 0 spiro atoms. The van der Waals surface area contributed by atoms with Crippen molar-refractivity contribution < 1.29 is 19.5 Å². The number of benzene rings is 8. The van der Waals surface area contributed by atoms with E-state index in [1.54, 1.807) is 12.1 Å². The van der Waals surface area contributed by atoms with Gasteiger partial charge in [-0.25, -0.2) is 15.0 Å². The Hall–Kier alpha value is -6.65. The molecule has 228 valence electrons. The summed E-state index contributed by atoms with van der Waals surface area (Å²) in [5.74, 6) is -0.345. The maximum atomic E-state index is 9.91. The normalized spacial score (nSPS) is 14.8. The van der Waals surface area contributed by atoms with Gasteiger partial charge in [0.2, 0.25) is 0 Å². The molecule has 2 heterocycles. The molecule has 0 aliphatic rings. The number of aromatic nitrogens is 3. The predicted molar refractivity (Wildman–Crippen MR) is 201 cm³/mol. The summed E-state index contributed by atoms with van der Waals surface area (Å²) in [5, 5.41) is 3.49. The standard InChI is InChI=1S/C45H27N3O/c1-4-12-31-23-34(20-17-28(31)9-1)37-26-39(42-38-15-7-8-16-40(38)49-41(42)27-37)45-47-43(35-21-18-29-10-2-5-13-32(29)24-35)46-44(48-45)36-22-19-30-11-3-6-14-33(30)25-36/h1-27H/i2D,5D,7D,10D,13D,16D,18D,21D,24D,26D,27D. The molecule has 0 saturated carbocycles. The van der Waals surface area contributed by atoms with E-state index in [-0.39, 0.29) is 91.0 Å². The van der Waals surface area contributed by atoms with Gasteiger partial charge in [-0.05, 0) is 79.7 Å². The van der Waals surface area contributed by atoms with E-state index in [0.717, 1.165) is 21.5 Å². The molecule has 0 bridgehead atoms. The first kappa shape index (κ1) is 18.6. The maximum absolute atomic E-state index is 9.91. The summed E-state index contributed by atoms with van der Waals surface area (Å²) in [5.41, 5.74) is 1.06. The van der Waals surface area contributed by atoms with Crippen molar-refractivity contribution in [1.82, 2.24) is 15.0 Å². The number of para-hydroxylation sites is 1. The van der Waals surface area contributed by atoms with Crippen LogP contribution < -0.4 is 0 Å². The van der Waals surface area contributed by atoms with Gasteiger partial charge in [0.15, 0.2) is 17.5 Å². The Labute approximate surface area is 297 Å². The van der Waals surface area contributed by atoms with Crippen molar-refractivity contribution in [3.05, 3.63) is 164 Å². The summed E-state index contributed by atoms with van der Waals surface area (Å²) in [7, 11) is 0. The van der Waals surface area contributed by atoms with E-state index in [2.05, 4.69) is 0 Å². The smallest absolute Gasteiger partial charge is 0.164 e. The van der Waals surface area contributed by atoms with Gasteiger partial charge in [0.25, 0.3) is 0 Å². The largest absolute Gasteiger partial charge is 0.456 e. The molecule has 0 unspecified atom stereocenters. The van der Waals surface area contributed by atoms with Crippen LogP contribution in [0.25, 0.3) is 99.5 Å². The van der Waals surface area contributed by atoms with Crippen LogP contribution in [0.1, 0.15) is 15.1 Å². The Kier molecular flexibility index (Phi) is 4.17. The Morgan fingerprint density at radius 3 is 1.90 bits per heavy atom. The van der Waals surface area contributed by atoms with Gasteiger partial charge in [-0.3, -0.25) is 0 Å². The third-order valence-corrected chi connectivity index (χ3v) is 8.58. The third kappa shape index (κ3) is 4.73. The molecule has 2 aromatic heterocycles. The summed E-state index contributed by atoms with van der Waals surface area (Å²) in [6.45, 7) is 0. The number of nitrogens with zero attached hydrogens (tertiary/aromatic N) is 3. The fourth-order valence-electron chi connectivity index (χ4n) is 6.20. The van der Waals surface area contributed by atoms with Gasteiger partial charge in [-0.2, -0.15) is 0 Å². The monoisotopic (exact) mass is 636 g/mol. The van der Waals surface area contributed by atoms with E-state index in [9.17, 15) is 5.48 Å². The van der Waals surface area contributed by atoms with Crippen LogP contribution in [0.2, 0.25) is 0 Å². The second-order valence-electron chi connectivity index (χ2n) is 11.6. The average molecular weight is 637 g/mol. The zero-order chi connectivity index (χ0) is 41.9. The number of fused-ring (bicyclic) bond motifs is 6. The van der Waals surface area contributed by atoms with Crippen LogP contribution in [0.5, 0.6) is 0 Å². The minimum absolute atomic E-state index is 0.00704. The third-order valence-electron chi connectivity index (χ3n) is 8.58. The molecule has 0 aliphatic heterocycles. The molecule has 0 fully saturated rings. The van der Waals surface area contributed by atoms with Crippen LogP contribution in [0, 0.1) is 0 Å². The van der Waals surface area contributed by atoms with E-state index in [0.29, 0.717) is 11.1 Å². The zero-order valence-corrected chi connectivity index (χ0v) is 25.5. The van der Waals surface area contributed by atoms with Crippen LogP contribution in [-0.2, 0) is 0 Å². The lowest BCUT2D eigenvalue weighted by molar-refractivity contribution is 0.669. The van der Waals surface area contributed by atoms with Gasteiger partial charge in [0.05, 0.1) is 15.1 Å². The zero-order valence-electron chi connectivity index (χ0n) is 36.5. The Morgan fingerprint density at radius 2 is 1.10 bits per heavy atom. The molecule has 0 aliphatic carbocycles. The minimum atomic E-state index is -0.607. The van der Waals surface area contributed by atoms with E-state index in [1.807, 2.05) is 72.8 Å². The van der Waals surface area contributed by atoms with Gasteiger partial charge in [-0.15, -0.1) is 0 Å². The molecule has 0 radical (unpaired) electrons. The van der Waals surface area contributed by atoms with Crippen molar-refractivity contribution in [2.45, 2.75) is 0 Å². The lowest BCUT2D eigenvalue weighted by atomic mass is 9.96. The average Bonchev–Trinajstić information content (AvgIpc) is 3.63. The van der Waals surface area contributed by atoms with Crippen molar-refractivity contribution in [2.75, 3.05) is 0 Å². The van der Waals surface area contributed by atoms with Crippen molar-refractivity contribution in [3.8, 4) is 45.3 Å². The fourth-order valence-corrected chi connectivity index (χ4v) is 6.20. The van der Waals surface area contributed by atoms with Crippen molar-refractivity contribution in [2.24, 2.45) is 0 Å². The molecule has 10 rings (SSSR count). The SMILES string of the molecule is [2H]c1cc([2H])c2oc3c([2H])c(-c4ccc5ccccc5c4)c([2H])c(-c4nc(-c5ccc6ccccc6c5)nc(-c5c([2H])c([2H])c6c([2H])c([2H])c([2H])c([2H])c6c5[2H])n4)c3c2c1. The summed E-state index contributed by atoms with van der Waals surface area (Å²) in [4.78, 5) is 14.5. The summed E-state index contributed by atoms with van der Waals surface area (Å²) in [6.07, 6.45) is 0. The fraction of sp³-hybridized carbons (Fsp3) is 0. The van der Waals surface area contributed by atoms with Crippen molar-refractivity contribution in [3.63, 3.8) is 0 Å². The molecule has 10 aromatic rings. The van der Waals surface area contributed by atoms with Gasteiger partial charge in [0.1, 0.15) is 11.2 Å². The van der Waals surface area contributed by atoms with E-state index in [1.165, 1.54) is 12.1 Å². The number of hydrogen-bond acceptors (Lipinski definition) is 4. The summed E-state index contributed by atoms with van der Waals surface area (Å²) >= 11 is 0. The van der Waals surface area contributed by atoms with E-state index >= 15 is 0 Å². The van der Waals surface area contributed by atoms with Crippen LogP contribution in [-0.4, -0.2) is 15.0 Å². The minimum Gasteiger partial charge on any atom is -0.456 e. The molecule has 0 atom stereocenters. The molecule has 4 nitrogen and oxygen atoms in total. The lowest BCUT2D eigenvalue weighted by Crippen LogP contribution is -2.01. The molecular formula is C45H27N3O. The van der Waals surface area contributed by atoms with Crippen molar-refractivity contribution >= 4 is 54.3 Å². The predicted octanol–water partition coefficient (Wildman–Crippen LogP) is 11.9. The van der Waals surface area contributed by atoms with E-state index in [4.69, 9.17) is 29.0 Å². The molecule has 0 N–H and O–H groups in total. The quantitative estimate of drug-likeness (QED) is 0.193. The highest BCUT2D eigenvalue weighted by Gasteiger charge is 2.20. The highest BCUT2D eigenvalue weighted by Crippen LogP contribution is 2.40. The number of furan rings is 1. The van der Waals surface area contributed by atoms with Crippen LogP contribution >= 0.6 is 0 Å². The Bertz CT molecular complexity index is 3530. The molecular weight excluding hydrogens is 599 g/mol. The summed E-state index contributed by atoms with van der Waals surface area (Å²) < 4.78 is 104. The van der Waals surface area contributed by atoms with Crippen LogP contribution in [0.3, 0.4) is 0 Å². The Balaban J connectivity index is 1.36. The van der Waals surface area contributed by atoms with Crippen LogP contribution in [0.15, 0.2) is 168 Å². The van der Waals surface area contributed by atoms with Gasteiger partial charge in [0, 0.05) is 27.5 Å². The van der Waals surface area contributed by atoms with E-state index < -0.39 is 42.3 Å². The topological polar surface area (TPSA) is 51.8 Å². The molecule has 0 saturated heterocycles. The molecule has 0 amide bonds. The molecule has 4 heteroatoms.